The lowest BCUT2D eigenvalue weighted by atomic mass is 10.1. The topological polar surface area (TPSA) is 108 Å². The minimum absolute atomic E-state index is 0.0615. The molecule has 0 fully saturated rings. The summed E-state index contributed by atoms with van der Waals surface area (Å²) in [6.45, 7) is 0. The molecule has 0 spiro atoms. The van der Waals surface area contributed by atoms with Gasteiger partial charge >= 0.3 is 6.03 Å². The molecule has 3 N–H and O–H groups in total. The lowest BCUT2D eigenvalue weighted by Gasteiger charge is -2.18. The van der Waals surface area contributed by atoms with Gasteiger partial charge in [-0.05, 0) is 23.3 Å². The summed E-state index contributed by atoms with van der Waals surface area (Å²) in [7, 11) is -3.38. The van der Waals surface area contributed by atoms with Crippen LogP contribution in [0.2, 0.25) is 0 Å². The molecule has 1 aromatic heterocycles. The molecule has 126 valence electrons. The fourth-order valence-electron chi connectivity index (χ4n) is 2.73. The van der Waals surface area contributed by atoms with Crippen LogP contribution in [0.4, 0.5) is 10.5 Å². The van der Waals surface area contributed by atoms with Gasteiger partial charge in [-0.1, -0.05) is 24.3 Å². The molecule has 1 aromatic carbocycles. The van der Waals surface area contributed by atoms with Crippen molar-refractivity contribution in [3.8, 4) is 0 Å². The molecule has 2 atom stereocenters. The number of amides is 2. The summed E-state index contributed by atoms with van der Waals surface area (Å²) in [5.41, 5.74) is 2.26. The van der Waals surface area contributed by atoms with Crippen LogP contribution in [0.3, 0.4) is 0 Å². The number of carbonyl (C=O) groups excluding carboxylic acids is 1. The van der Waals surface area contributed by atoms with Crippen LogP contribution in [0.15, 0.2) is 47.6 Å². The van der Waals surface area contributed by atoms with E-state index < -0.39 is 28.0 Å². The highest BCUT2D eigenvalue weighted by Gasteiger charge is 2.31. The number of aliphatic hydroxyl groups excluding tert-OH is 1. The first kappa shape index (κ1) is 16.4. The normalized spacial score (nSPS) is 19.6. The monoisotopic (exact) mass is 347 g/mol. The van der Waals surface area contributed by atoms with E-state index in [1.54, 1.807) is 0 Å². The van der Waals surface area contributed by atoms with Crippen LogP contribution in [0, 0.1) is 0 Å². The molecule has 2 aromatic rings. The largest absolute Gasteiger partial charge is 0.390 e. The van der Waals surface area contributed by atoms with Crippen molar-refractivity contribution in [2.75, 3.05) is 11.6 Å². The average Bonchev–Trinajstić information content (AvgIpc) is 2.83. The maximum Gasteiger partial charge on any atom is 0.319 e. The first-order valence-electron chi connectivity index (χ1n) is 7.34. The summed E-state index contributed by atoms with van der Waals surface area (Å²) in [5, 5.41) is 15.4. The Morgan fingerprint density at radius 1 is 1.25 bits per heavy atom. The fraction of sp³-hybridized carbons (Fsp3) is 0.250. The second-order valence-corrected chi connectivity index (χ2v) is 7.67. The number of fused-ring (bicyclic) bond motifs is 1. The number of anilines is 1. The maximum atomic E-state index is 12.1. The van der Waals surface area contributed by atoms with E-state index in [0.717, 1.165) is 17.4 Å². The summed E-state index contributed by atoms with van der Waals surface area (Å²) in [4.78, 5) is 15.9. The van der Waals surface area contributed by atoms with Crippen LogP contribution >= 0.6 is 0 Å². The minimum atomic E-state index is -3.38. The third-order valence-electron chi connectivity index (χ3n) is 3.86. The Morgan fingerprint density at radius 3 is 2.67 bits per heavy atom. The molecule has 0 saturated carbocycles. The van der Waals surface area contributed by atoms with Crippen LogP contribution in [-0.4, -0.2) is 36.9 Å². The molecule has 7 nitrogen and oxygen atoms in total. The van der Waals surface area contributed by atoms with Gasteiger partial charge in [0.25, 0.3) is 0 Å². The Hall–Kier alpha value is -2.45. The van der Waals surface area contributed by atoms with Crippen molar-refractivity contribution >= 4 is 21.6 Å². The fourth-order valence-corrected chi connectivity index (χ4v) is 3.29. The summed E-state index contributed by atoms with van der Waals surface area (Å²) < 4.78 is 22.7. The second-order valence-electron chi connectivity index (χ2n) is 5.70. The number of hydrogen-bond donors (Lipinski definition) is 3. The van der Waals surface area contributed by atoms with Gasteiger partial charge < -0.3 is 15.7 Å². The number of aliphatic hydroxyl groups is 1. The minimum Gasteiger partial charge on any atom is -0.390 e. The quantitative estimate of drug-likeness (QED) is 0.775. The van der Waals surface area contributed by atoms with Gasteiger partial charge in [0.1, 0.15) is 0 Å². The number of hydrogen-bond acceptors (Lipinski definition) is 5. The van der Waals surface area contributed by atoms with Crippen LogP contribution in [0.1, 0.15) is 17.2 Å². The summed E-state index contributed by atoms with van der Waals surface area (Å²) in [6.07, 6.45) is 2.15. The second kappa shape index (κ2) is 6.21. The van der Waals surface area contributed by atoms with Gasteiger partial charge in [0.15, 0.2) is 14.9 Å². The Kier molecular flexibility index (Phi) is 4.25. The molecule has 1 aliphatic carbocycles. The first-order valence-corrected chi connectivity index (χ1v) is 9.23. The number of carbonyl (C=O) groups is 1. The van der Waals surface area contributed by atoms with E-state index in [9.17, 15) is 18.3 Å². The Balaban J connectivity index is 1.68. The highest BCUT2D eigenvalue weighted by Crippen LogP contribution is 2.31. The molecule has 0 radical (unpaired) electrons. The SMILES string of the molecule is CS(=O)(=O)c1ccc(NC(=O)N[C@H]2c3ccccc3C[C@H]2O)cn1. The van der Waals surface area contributed by atoms with E-state index in [1.807, 2.05) is 24.3 Å². The molecule has 2 amide bonds. The predicted octanol–water partition coefficient (Wildman–Crippen LogP) is 1.26. The van der Waals surface area contributed by atoms with Crippen LogP contribution in [0.25, 0.3) is 0 Å². The van der Waals surface area contributed by atoms with Gasteiger partial charge in [-0.25, -0.2) is 18.2 Å². The highest BCUT2D eigenvalue weighted by atomic mass is 32.2. The number of aromatic nitrogens is 1. The molecule has 1 heterocycles. The number of nitrogens with zero attached hydrogens (tertiary/aromatic N) is 1. The molecule has 24 heavy (non-hydrogen) atoms. The number of pyridine rings is 1. The molecular weight excluding hydrogens is 330 g/mol. The lowest BCUT2D eigenvalue weighted by Crippen LogP contribution is -2.36. The van der Waals surface area contributed by atoms with Crippen molar-refractivity contribution in [3.05, 3.63) is 53.7 Å². The number of rotatable bonds is 3. The Labute approximate surface area is 139 Å². The maximum absolute atomic E-state index is 12.1. The van der Waals surface area contributed by atoms with Crippen molar-refractivity contribution < 1.29 is 18.3 Å². The number of urea groups is 1. The van der Waals surface area contributed by atoms with Crippen molar-refractivity contribution in [2.45, 2.75) is 23.6 Å². The third kappa shape index (κ3) is 3.39. The smallest absolute Gasteiger partial charge is 0.319 e. The van der Waals surface area contributed by atoms with Crippen molar-refractivity contribution in [2.24, 2.45) is 0 Å². The highest BCUT2D eigenvalue weighted by molar-refractivity contribution is 7.90. The molecule has 0 aliphatic heterocycles. The standard InChI is InChI=1S/C16H17N3O4S/c1-24(22,23)14-7-6-11(9-17-14)18-16(21)19-15-12-5-3-2-4-10(12)8-13(15)20/h2-7,9,13,15,20H,8H2,1H3,(H2,18,19,21)/t13-,15+/m1/s1. The van der Waals surface area contributed by atoms with Gasteiger partial charge in [-0.3, -0.25) is 0 Å². The van der Waals surface area contributed by atoms with Crippen LogP contribution in [-0.2, 0) is 16.3 Å². The third-order valence-corrected chi connectivity index (χ3v) is 4.87. The molecule has 8 heteroatoms. The molecular formula is C16H17N3O4S. The number of benzene rings is 1. The Bertz CT molecular complexity index is 865. The van der Waals surface area contributed by atoms with Gasteiger partial charge in [-0.2, -0.15) is 0 Å². The van der Waals surface area contributed by atoms with E-state index in [2.05, 4.69) is 15.6 Å². The lowest BCUT2D eigenvalue weighted by molar-refractivity contribution is 0.144. The molecule has 1 aliphatic rings. The van der Waals surface area contributed by atoms with E-state index in [-0.39, 0.29) is 5.03 Å². The van der Waals surface area contributed by atoms with Crippen LogP contribution < -0.4 is 10.6 Å². The zero-order valence-electron chi connectivity index (χ0n) is 12.9. The first-order chi connectivity index (χ1) is 11.3. The molecule has 0 unspecified atom stereocenters. The van der Waals surface area contributed by atoms with Crippen LogP contribution in [0.5, 0.6) is 0 Å². The van der Waals surface area contributed by atoms with Gasteiger partial charge in [-0.15, -0.1) is 0 Å². The van der Waals surface area contributed by atoms with Crippen molar-refractivity contribution in [1.82, 2.24) is 10.3 Å². The van der Waals surface area contributed by atoms with E-state index in [4.69, 9.17) is 0 Å². The van der Waals surface area contributed by atoms with E-state index in [1.165, 1.54) is 18.3 Å². The van der Waals surface area contributed by atoms with Gasteiger partial charge in [0, 0.05) is 12.7 Å². The zero-order chi connectivity index (χ0) is 17.3. The molecule has 0 saturated heterocycles. The van der Waals surface area contributed by atoms with E-state index >= 15 is 0 Å². The zero-order valence-corrected chi connectivity index (χ0v) is 13.7. The van der Waals surface area contributed by atoms with Gasteiger partial charge in [0.05, 0.1) is 24.0 Å². The summed E-state index contributed by atoms with van der Waals surface area (Å²) >= 11 is 0. The number of nitrogens with one attached hydrogen (secondary N) is 2. The van der Waals surface area contributed by atoms with Gasteiger partial charge in [0.2, 0.25) is 0 Å². The number of sulfone groups is 1. The van der Waals surface area contributed by atoms with Crippen molar-refractivity contribution in [3.63, 3.8) is 0 Å². The summed E-state index contributed by atoms with van der Waals surface area (Å²) in [6, 6.07) is 9.35. The Morgan fingerprint density at radius 2 is 2.00 bits per heavy atom. The molecule has 3 rings (SSSR count). The van der Waals surface area contributed by atoms with Crippen molar-refractivity contribution in [1.29, 1.82) is 0 Å². The summed E-state index contributed by atoms with van der Waals surface area (Å²) in [5.74, 6) is 0. The van der Waals surface area contributed by atoms with E-state index in [0.29, 0.717) is 12.1 Å². The molecule has 0 bridgehead atoms. The predicted molar refractivity (Wildman–Crippen MR) is 88.4 cm³/mol. The average molecular weight is 347 g/mol.